The predicted octanol–water partition coefficient (Wildman–Crippen LogP) is 1.16. The van der Waals surface area contributed by atoms with E-state index in [1.165, 1.54) is 0 Å². The van der Waals surface area contributed by atoms with E-state index in [9.17, 15) is 0 Å². The average Bonchev–Trinajstić information content (AvgIpc) is 2.77. The number of tetrazole rings is 1. The van der Waals surface area contributed by atoms with Crippen molar-refractivity contribution in [2.24, 2.45) is 0 Å². The minimum atomic E-state index is 0.187. The highest BCUT2D eigenvalue weighted by Crippen LogP contribution is 2.07. The minimum Gasteiger partial charge on any atom is -0.381 e. The fraction of sp³-hybridized carbons (Fsp3) is 0.909. The van der Waals surface area contributed by atoms with E-state index >= 15 is 0 Å². The lowest BCUT2D eigenvalue weighted by Gasteiger charge is -2.11. The van der Waals surface area contributed by atoms with Gasteiger partial charge in [0.05, 0.1) is 6.04 Å². The number of hydrogen-bond acceptors (Lipinski definition) is 5. The summed E-state index contributed by atoms with van der Waals surface area (Å²) in [7, 11) is 0. The largest absolute Gasteiger partial charge is 0.381 e. The second kappa shape index (κ2) is 8.14. The summed E-state index contributed by atoms with van der Waals surface area (Å²) in [5.74, 6) is 0.891. The summed E-state index contributed by atoms with van der Waals surface area (Å²) >= 11 is 0. The molecule has 0 saturated heterocycles. The number of rotatable bonds is 9. The van der Waals surface area contributed by atoms with Gasteiger partial charge in [-0.05, 0) is 36.7 Å². The van der Waals surface area contributed by atoms with Gasteiger partial charge in [0.2, 0.25) is 0 Å². The molecule has 0 spiro atoms. The molecule has 6 nitrogen and oxygen atoms in total. The van der Waals surface area contributed by atoms with Crippen LogP contribution in [0.1, 0.15) is 45.5 Å². The van der Waals surface area contributed by atoms with Crippen LogP contribution < -0.4 is 5.32 Å². The molecule has 1 N–H and O–H groups in total. The van der Waals surface area contributed by atoms with Gasteiger partial charge in [0.25, 0.3) is 0 Å². The normalized spacial score (nSPS) is 12.9. The summed E-state index contributed by atoms with van der Waals surface area (Å²) in [5.41, 5.74) is 0. The molecule has 0 bridgehead atoms. The highest BCUT2D eigenvalue weighted by atomic mass is 16.5. The molecular formula is C11H23N5O. The summed E-state index contributed by atoms with van der Waals surface area (Å²) < 4.78 is 7.28. The van der Waals surface area contributed by atoms with E-state index in [4.69, 9.17) is 4.74 Å². The third-order valence-corrected chi connectivity index (χ3v) is 2.46. The number of nitrogens with one attached hydrogen (secondary N) is 1. The van der Waals surface area contributed by atoms with Gasteiger partial charge in [0.1, 0.15) is 0 Å². The Balaban J connectivity index is 2.35. The third-order valence-electron chi connectivity index (χ3n) is 2.46. The van der Waals surface area contributed by atoms with Crippen molar-refractivity contribution in [2.75, 3.05) is 19.8 Å². The molecule has 0 aliphatic heterocycles. The molecule has 6 heteroatoms. The van der Waals surface area contributed by atoms with Gasteiger partial charge < -0.3 is 10.1 Å². The van der Waals surface area contributed by atoms with Crippen molar-refractivity contribution >= 4 is 0 Å². The highest BCUT2D eigenvalue weighted by molar-refractivity contribution is 4.89. The minimum absolute atomic E-state index is 0.187. The maximum atomic E-state index is 5.43. The lowest BCUT2D eigenvalue weighted by atomic mass is 10.3. The van der Waals surface area contributed by atoms with Crippen molar-refractivity contribution < 1.29 is 4.74 Å². The van der Waals surface area contributed by atoms with Gasteiger partial charge in [-0.1, -0.05) is 13.8 Å². The molecule has 0 aromatic carbocycles. The SMILES string of the molecule is CCCOCCCn1nnnc1C(C)NCC. The van der Waals surface area contributed by atoms with Crippen LogP contribution in [0.4, 0.5) is 0 Å². The first-order valence-corrected chi connectivity index (χ1v) is 6.36. The van der Waals surface area contributed by atoms with Crippen molar-refractivity contribution in [1.29, 1.82) is 0 Å². The molecule has 98 valence electrons. The predicted molar refractivity (Wildman–Crippen MR) is 65.6 cm³/mol. The zero-order valence-corrected chi connectivity index (χ0v) is 11.0. The summed E-state index contributed by atoms with van der Waals surface area (Å²) in [5, 5.41) is 15.1. The van der Waals surface area contributed by atoms with E-state index in [-0.39, 0.29) is 6.04 Å². The smallest absolute Gasteiger partial charge is 0.167 e. The zero-order chi connectivity index (χ0) is 12.5. The Hall–Kier alpha value is -1.01. The molecule has 0 aliphatic rings. The number of hydrogen-bond donors (Lipinski definition) is 1. The quantitative estimate of drug-likeness (QED) is 0.657. The Morgan fingerprint density at radius 3 is 2.88 bits per heavy atom. The van der Waals surface area contributed by atoms with Crippen LogP contribution in [-0.2, 0) is 11.3 Å². The van der Waals surface area contributed by atoms with E-state index in [0.29, 0.717) is 0 Å². The fourth-order valence-corrected chi connectivity index (χ4v) is 1.64. The molecule has 1 heterocycles. The molecule has 0 aliphatic carbocycles. The molecule has 0 radical (unpaired) electrons. The van der Waals surface area contributed by atoms with E-state index in [0.717, 1.165) is 45.0 Å². The first kappa shape index (κ1) is 14.1. The molecule has 0 fully saturated rings. The maximum absolute atomic E-state index is 5.43. The molecule has 0 saturated carbocycles. The second-order valence-corrected chi connectivity index (χ2v) is 4.01. The van der Waals surface area contributed by atoms with Crippen molar-refractivity contribution in [2.45, 2.75) is 46.2 Å². The van der Waals surface area contributed by atoms with E-state index in [1.54, 1.807) is 0 Å². The number of aromatic nitrogens is 4. The van der Waals surface area contributed by atoms with Crippen molar-refractivity contribution in [1.82, 2.24) is 25.5 Å². The van der Waals surface area contributed by atoms with Crippen LogP contribution in [-0.4, -0.2) is 40.0 Å². The van der Waals surface area contributed by atoms with Crippen LogP contribution in [0.25, 0.3) is 0 Å². The molecule has 1 rings (SSSR count). The first-order valence-electron chi connectivity index (χ1n) is 6.36. The topological polar surface area (TPSA) is 64.9 Å². The summed E-state index contributed by atoms with van der Waals surface area (Å²) in [6.45, 7) is 9.56. The van der Waals surface area contributed by atoms with Crippen LogP contribution in [0.5, 0.6) is 0 Å². The average molecular weight is 241 g/mol. The number of aryl methyl sites for hydroxylation is 1. The highest BCUT2D eigenvalue weighted by Gasteiger charge is 2.12. The lowest BCUT2D eigenvalue weighted by molar-refractivity contribution is 0.128. The fourth-order valence-electron chi connectivity index (χ4n) is 1.64. The van der Waals surface area contributed by atoms with E-state index in [1.807, 2.05) is 4.68 Å². The Morgan fingerprint density at radius 2 is 2.18 bits per heavy atom. The van der Waals surface area contributed by atoms with Gasteiger partial charge in [0, 0.05) is 19.8 Å². The second-order valence-electron chi connectivity index (χ2n) is 4.01. The van der Waals surface area contributed by atoms with Crippen molar-refractivity contribution in [3.8, 4) is 0 Å². The Bertz CT molecular complexity index is 302. The van der Waals surface area contributed by atoms with Crippen molar-refractivity contribution in [3.63, 3.8) is 0 Å². The molecule has 1 atom stereocenters. The summed E-state index contributed by atoms with van der Waals surface area (Å²) in [6, 6.07) is 0.187. The third kappa shape index (κ3) is 4.79. The summed E-state index contributed by atoms with van der Waals surface area (Å²) in [4.78, 5) is 0. The molecule has 0 amide bonds. The van der Waals surface area contributed by atoms with E-state index in [2.05, 4.69) is 41.6 Å². The van der Waals surface area contributed by atoms with Crippen LogP contribution in [0, 0.1) is 0 Å². The van der Waals surface area contributed by atoms with Crippen LogP contribution in [0.2, 0.25) is 0 Å². The molecular weight excluding hydrogens is 218 g/mol. The summed E-state index contributed by atoms with van der Waals surface area (Å²) in [6.07, 6.45) is 2.00. The van der Waals surface area contributed by atoms with Gasteiger partial charge in [0.15, 0.2) is 5.82 Å². The van der Waals surface area contributed by atoms with Crippen molar-refractivity contribution in [3.05, 3.63) is 5.82 Å². The van der Waals surface area contributed by atoms with Gasteiger partial charge in [-0.2, -0.15) is 0 Å². The van der Waals surface area contributed by atoms with E-state index < -0.39 is 0 Å². The number of nitrogens with zero attached hydrogens (tertiary/aromatic N) is 4. The van der Waals surface area contributed by atoms with Crippen LogP contribution in [0.3, 0.4) is 0 Å². The molecule has 1 aromatic heterocycles. The van der Waals surface area contributed by atoms with Gasteiger partial charge in [-0.15, -0.1) is 5.10 Å². The lowest BCUT2D eigenvalue weighted by Crippen LogP contribution is -2.22. The standard InChI is InChI=1S/C11H23N5O/c1-4-8-17-9-6-7-16-11(13-14-15-16)10(3)12-5-2/h10,12H,4-9H2,1-3H3. The Labute approximate surface area is 103 Å². The van der Waals surface area contributed by atoms with Gasteiger partial charge in [-0.3, -0.25) is 0 Å². The van der Waals surface area contributed by atoms with Gasteiger partial charge >= 0.3 is 0 Å². The monoisotopic (exact) mass is 241 g/mol. The number of ether oxygens (including phenoxy) is 1. The first-order chi connectivity index (χ1) is 8.29. The van der Waals surface area contributed by atoms with Gasteiger partial charge in [-0.25, -0.2) is 4.68 Å². The molecule has 1 aromatic rings. The Kier molecular flexibility index (Phi) is 6.73. The molecule has 17 heavy (non-hydrogen) atoms. The van der Waals surface area contributed by atoms with Crippen LogP contribution >= 0.6 is 0 Å². The zero-order valence-electron chi connectivity index (χ0n) is 11.0. The Morgan fingerprint density at radius 1 is 1.35 bits per heavy atom. The molecule has 1 unspecified atom stereocenters. The van der Waals surface area contributed by atoms with Crippen LogP contribution in [0.15, 0.2) is 0 Å². The maximum Gasteiger partial charge on any atom is 0.167 e.